The van der Waals surface area contributed by atoms with Crippen molar-refractivity contribution in [1.82, 2.24) is 20.5 Å². The first kappa shape index (κ1) is 28.6. The minimum Gasteiger partial charge on any atom is -0.483 e. The van der Waals surface area contributed by atoms with Gasteiger partial charge >= 0.3 is 6.09 Å². The maximum absolute atomic E-state index is 14.1. The fourth-order valence-electron chi connectivity index (χ4n) is 5.45. The van der Waals surface area contributed by atoms with Crippen LogP contribution in [0.3, 0.4) is 0 Å². The Morgan fingerprint density at radius 3 is 2.69 bits per heavy atom. The van der Waals surface area contributed by atoms with Crippen LogP contribution in [0.25, 0.3) is 10.9 Å². The standard InChI is InChI=1S/C29H39FN4O5/c1-7-13-31-25(35)23-15-29(16-34(23)26(36)21(8-2)33-27(37)39-28(4,5)6)12-11-19-20-14-18(30)9-10-22(20)32-17(3)24(19)38-29/h9-10,14,21,23H,7-8,11-13,15-16H2,1-6H3,(H,31,35)(H,33,37)/t21-,23-,29+/m0/s1. The summed E-state index contributed by atoms with van der Waals surface area (Å²) in [5.74, 6) is -0.370. The smallest absolute Gasteiger partial charge is 0.408 e. The molecule has 10 heteroatoms. The Morgan fingerprint density at radius 2 is 2.03 bits per heavy atom. The molecule has 3 atom stereocenters. The number of nitrogens with zero attached hydrogens (tertiary/aromatic N) is 2. The van der Waals surface area contributed by atoms with Crippen LogP contribution in [-0.4, -0.2) is 64.2 Å². The number of rotatable bonds is 6. The molecule has 1 saturated heterocycles. The molecule has 2 N–H and O–H groups in total. The van der Waals surface area contributed by atoms with E-state index < -0.39 is 29.4 Å². The summed E-state index contributed by atoms with van der Waals surface area (Å²) in [7, 11) is 0. The zero-order valence-electron chi connectivity index (χ0n) is 23.7. The molecule has 0 aliphatic carbocycles. The highest BCUT2D eigenvalue weighted by atomic mass is 19.1. The van der Waals surface area contributed by atoms with Crippen molar-refractivity contribution >= 4 is 28.8 Å². The summed E-state index contributed by atoms with van der Waals surface area (Å²) < 4.78 is 26.0. The number of fused-ring (bicyclic) bond motifs is 3. The van der Waals surface area contributed by atoms with Gasteiger partial charge in [-0.1, -0.05) is 13.8 Å². The Bertz CT molecular complexity index is 1280. The number of ether oxygens (including phenoxy) is 2. The number of alkyl carbamates (subject to hydrolysis) is 1. The van der Waals surface area contributed by atoms with E-state index >= 15 is 0 Å². The first-order valence-electron chi connectivity index (χ1n) is 13.7. The number of nitrogens with one attached hydrogen (secondary N) is 2. The molecular weight excluding hydrogens is 503 g/mol. The zero-order chi connectivity index (χ0) is 28.5. The van der Waals surface area contributed by atoms with Crippen LogP contribution in [0, 0.1) is 12.7 Å². The van der Waals surface area contributed by atoms with Gasteiger partial charge in [0, 0.05) is 23.9 Å². The maximum Gasteiger partial charge on any atom is 0.408 e. The van der Waals surface area contributed by atoms with E-state index in [2.05, 4.69) is 15.6 Å². The van der Waals surface area contributed by atoms with Crippen molar-refractivity contribution in [1.29, 1.82) is 0 Å². The highest BCUT2D eigenvalue weighted by molar-refractivity contribution is 5.92. The number of aryl methyl sites for hydroxylation is 2. The van der Waals surface area contributed by atoms with Gasteiger partial charge in [0.05, 0.1) is 17.8 Å². The van der Waals surface area contributed by atoms with E-state index in [1.807, 2.05) is 13.8 Å². The number of carbonyl (C=O) groups is 3. The molecule has 0 unspecified atom stereocenters. The SMILES string of the molecule is CCCNC(=O)[C@@H]1C[C@]2(CCc3c(c(C)nc4ccc(F)cc34)O2)CN1C(=O)[C@H](CC)NC(=O)OC(C)(C)C. The molecule has 2 aliphatic rings. The van der Waals surface area contributed by atoms with Crippen LogP contribution in [0.1, 0.15) is 71.6 Å². The van der Waals surface area contributed by atoms with Crippen LogP contribution in [0.5, 0.6) is 5.75 Å². The number of hydrogen-bond donors (Lipinski definition) is 2. The van der Waals surface area contributed by atoms with Crippen molar-refractivity contribution in [2.75, 3.05) is 13.1 Å². The summed E-state index contributed by atoms with van der Waals surface area (Å²) >= 11 is 0. The Labute approximate surface area is 228 Å². The van der Waals surface area contributed by atoms with Gasteiger partial charge in [-0.25, -0.2) is 14.2 Å². The minimum atomic E-state index is -0.859. The molecule has 0 bridgehead atoms. The highest BCUT2D eigenvalue weighted by Gasteiger charge is 2.53. The predicted molar refractivity (Wildman–Crippen MR) is 145 cm³/mol. The number of amides is 3. The summed E-state index contributed by atoms with van der Waals surface area (Å²) in [5.41, 5.74) is 0.740. The van der Waals surface area contributed by atoms with Crippen molar-refractivity contribution in [3.63, 3.8) is 0 Å². The number of benzene rings is 1. The molecule has 212 valence electrons. The molecule has 1 fully saturated rings. The van der Waals surface area contributed by atoms with E-state index in [4.69, 9.17) is 9.47 Å². The van der Waals surface area contributed by atoms with E-state index in [0.29, 0.717) is 54.6 Å². The van der Waals surface area contributed by atoms with Crippen molar-refractivity contribution < 1.29 is 28.2 Å². The Hall–Kier alpha value is -3.43. The number of pyridine rings is 1. The van der Waals surface area contributed by atoms with E-state index in [1.54, 1.807) is 33.8 Å². The molecule has 1 aromatic heterocycles. The molecule has 1 spiro atoms. The molecule has 0 radical (unpaired) electrons. The molecule has 9 nitrogen and oxygen atoms in total. The summed E-state index contributed by atoms with van der Waals surface area (Å²) in [6.45, 7) is 11.5. The Balaban J connectivity index is 1.63. The van der Waals surface area contributed by atoms with Gasteiger partial charge in [0.2, 0.25) is 11.8 Å². The quantitative estimate of drug-likeness (QED) is 0.567. The third-order valence-corrected chi connectivity index (χ3v) is 7.26. The van der Waals surface area contributed by atoms with Crippen molar-refractivity contribution in [2.24, 2.45) is 0 Å². The monoisotopic (exact) mass is 542 g/mol. The van der Waals surface area contributed by atoms with Crippen LogP contribution in [0.2, 0.25) is 0 Å². The molecule has 4 rings (SSSR count). The molecule has 1 aromatic carbocycles. The summed E-state index contributed by atoms with van der Waals surface area (Å²) in [6.07, 6.45) is 1.84. The van der Waals surface area contributed by atoms with Gasteiger partial charge in [-0.2, -0.15) is 0 Å². The third-order valence-electron chi connectivity index (χ3n) is 7.26. The molecule has 3 amide bonds. The molecule has 2 aromatic rings. The zero-order valence-corrected chi connectivity index (χ0v) is 23.7. The highest BCUT2D eigenvalue weighted by Crippen LogP contribution is 2.44. The summed E-state index contributed by atoms with van der Waals surface area (Å²) in [4.78, 5) is 45.7. The molecule has 3 heterocycles. The van der Waals surface area contributed by atoms with E-state index in [9.17, 15) is 18.8 Å². The van der Waals surface area contributed by atoms with Crippen LogP contribution >= 0.6 is 0 Å². The van der Waals surface area contributed by atoms with Crippen molar-refractivity contribution in [3.8, 4) is 5.75 Å². The van der Waals surface area contributed by atoms with Gasteiger partial charge < -0.3 is 25.0 Å². The molecular formula is C29H39FN4O5. The Morgan fingerprint density at radius 1 is 1.28 bits per heavy atom. The number of hydrogen-bond acceptors (Lipinski definition) is 6. The second-order valence-corrected chi connectivity index (χ2v) is 11.5. The lowest BCUT2D eigenvalue weighted by Crippen LogP contribution is -2.54. The van der Waals surface area contributed by atoms with Crippen LogP contribution in [0.15, 0.2) is 18.2 Å². The van der Waals surface area contributed by atoms with Gasteiger partial charge in [-0.15, -0.1) is 0 Å². The fourth-order valence-corrected chi connectivity index (χ4v) is 5.45. The number of likely N-dealkylation sites (tertiary alicyclic amines) is 1. The average molecular weight is 543 g/mol. The Kier molecular flexibility index (Phi) is 8.04. The predicted octanol–water partition coefficient (Wildman–Crippen LogP) is 4.18. The van der Waals surface area contributed by atoms with Crippen molar-refractivity contribution in [2.45, 2.75) is 96.9 Å². The number of aromatic nitrogens is 1. The molecule has 2 aliphatic heterocycles. The van der Waals surface area contributed by atoms with E-state index in [-0.39, 0.29) is 24.2 Å². The van der Waals surface area contributed by atoms with E-state index in [1.165, 1.54) is 17.0 Å². The van der Waals surface area contributed by atoms with Crippen LogP contribution in [-0.2, 0) is 20.7 Å². The normalized spacial score (nSPS) is 21.3. The fraction of sp³-hybridized carbons (Fsp3) is 0.586. The molecule has 39 heavy (non-hydrogen) atoms. The third kappa shape index (κ3) is 6.09. The van der Waals surface area contributed by atoms with E-state index in [0.717, 1.165) is 12.0 Å². The van der Waals surface area contributed by atoms with Gasteiger partial charge in [0.1, 0.15) is 34.9 Å². The van der Waals surface area contributed by atoms with Gasteiger partial charge in [0.25, 0.3) is 0 Å². The first-order chi connectivity index (χ1) is 18.4. The van der Waals surface area contributed by atoms with Crippen LogP contribution < -0.4 is 15.4 Å². The first-order valence-corrected chi connectivity index (χ1v) is 13.7. The van der Waals surface area contributed by atoms with Gasteiger partial charge in [-0.05, 0) is 71.6 Å². The van der Waals surface area contributed by atoms with Crippen molar-refractivity contribution in [3.05, 3.63) is 35.3 Å². The second kappa shape index (κ2) is 11.0. The topological polar surface area (TPSA) is 110 Å². The molecule has 0 saturated carbocycles. The summed E-state index contributed by atoms with van der Waals surface area (Å²) in [6, 6.07) is 2.91. The second-order valence-electron chi connectivity index (χ2n) is 11.5. The van der Waals surface area contributed by atoms with Gasteiger partial charge in [-0.3, -0.25) is 9.59 Å². The van der Waals surface area contributed by atoms with Gasteiger partial charge in [0.15, 0.2) is 0 Å². The lowest BCUT2D eigenvalue weighted by atomic mass is 9.87. The lowest BCUT2D eigenvalue weighted by Gasteiger charge is -2.36. The number of halogens is 1. The lowest BCUT2D eigenvalue weighted by molar-refractivity contribution is -0.140. The summed E-state index contributed by atoms with van der Waals surface area (Å²) in [5, 5.41) is 6.30. The largest absolute Gasteiger partial charge is 0.483 e. The minimum absolute atomic E-state index is 0.183. The van der Waals surface area contributed by atoms with Crippen LogP contribution in [0.4, 0.5) is 9.18 Å². The maximum atomic E-state index is 14.1. The number of carbonyl (C=O) groups excluding carboxylic acids is 3. The average Bonchev–Trinajstić information content (AvgIpc) is 3.23.